The van der Waals surface area contributed by atoms with Gasteiger partial charge < -0.3 is 10.2 Å². The summed E-state index contributed by atoms with van der Waals surface area (Å²) >= 11 is 0. The number of nitrogens with one attached hydrogen (secondary N) is 3. The minimum Gasteiger partial charge on any atom is -0.351 e. The lowest BCUT2D eigenvalue weighted by molar-refractivity contribution is -0.140. The number of sulfonamides is 1. The molecule has 0 bridgehead atoms. The Balaban J connectivity index is 1.30. The van der Waals surface area contributed by atoms with Gasteiger partial charge in [0.25, 0.3) is 0 Å². The molecule has 5 rings (SSSR count). The lowest BCUT2D eigenvalue weighted by Crippen LogP contribution is -2.55. The summed E-state index contributed by atoms with van der Waals surface area (Å²) < 4.78 is 28.9. The number of hydrogen-bond acceptors (Lipinski definition) is 5. The van der Waals surface area contributed by atoms with Crippen LogP contribution >= 0.6 is 0 Å². The number of aromatic nitrogens is 2. The molecule has 9 nitrogen and oxygen atoms in total. The Morgan fingerprint density at radius 2 is 1.74 bits per heavy atom. The highest BCUT2D eigenvalue weighted by molar-refractivity contribution is 7.88. The number of carbonyl (C=O) groups is 2. The zero-order chi connectivity index (χ0) is 26.5. The summed E-state index contributed by atoms with van der Waals surface area (Å²) in [6.45, 7) is 0.416. The number of aryl methyl sites for hydroxylation is 1. The Morgan fingerprint density at radius 3 is 2.47 bits per heavy atom. The standard InChI is InChI=1S/C28H33N5O4S/c34-27(30-23-13-14-24-22(17-23)18-29-31-24)26-12-7-15-33(26)28(35)25(16-20-8-3-1-4-9-20)32-38(36,37)19-21-10-5-2-6-11-21/h1-6,8-11,18,23,25-26,32H,7,12-17,19H2,(H,29,31)(H,30,34). The first-order valence-electron chi connectivity index (χ1n) is 13.1. The van der Waals surface area contributed by atoms with E-state index in [0.29, 0.717) is 31.4 Å². The van der Waals surface area contributed by atoms with Crippen molar-refractivity contribution in [2.75, 3.05) is 6.54 Å². The van der Waals surface area contributed by atoms with Crippen LogP contribution in [0.1, 0.15) is 41.6 Å². The van der Waals surface area contributed by atoms with E-state index in [2.05, 4.69) is 20.2 Å². The van der Waals surface area contributed by atoms with Gasteiger partial charge in [0, 0.05) is 18.3 Å². The van der Waals surface area contributed by atoms with Crippen LogP contribution in [0.2, 0.25) is 0 Å². The molecule has 2 aliphatic rings. The van der Waals surface area contributed by atoms with Crippen LogP contribution in [0, 0.1) is 0 Å². The number of nitrogens with zero attached hydrogens (tertiary/aromatic N) is 2. The van der Waals surface area contributed by atoms with Gasteiger partial charge in [-0.1, -0.05) is 60.7 Å². The zero-order valence-electron chi connectivity index (χ0n) is 21.2. The van der Waals surface area contributed by atoms with E-state index in [-0.39, 0.29) is 30.0 Å². The molecular weight excluding hydrogens is 502 g/mol. The minimum atomic E-state index is -3.82. The van der Waals surface area contributed by atoms with Crippen LogP contribution in [0.4, 0.5) is 0 Å². The van der Waals surface area contributed by atoms with Gasteiger partial charge in [0.15, 0.2) is 0 Å². The molecule has 1 aromatic heterocycles. The number of hydrogen-bond donors (Lipinski definition) is 3. The van der Waals surface area contributed by atoms with E-state index in [9.17, 15) is 18.0 Å². The van der Waals surface area contributed by atoms with Gasteiger partial charge in [-0.15, -0.1) is 0 Å². The monoisotopic (exact) mass is 535 g/mol. The van der Waals surface area contributed by atoms with Gasteiger partial charge in [0.05, 0.1) is 11.9 Å². The largest absolute Gasteiger partial charge is 0.351 e. The molecule has 200 valence electrons. The average molecular weight is 536 g/mol. The number of H-pyrrole nitrogens is 1. The normalized spacial score (nSPS) is 20.1. The van der Waals surface area contributed by atoms with Gasteiger partial charge in [-0.05, 0) is 55.2 Å². The Hall–Kier alpha value is -3.50. The Labute approximate surface area is 223 Å². The molecular formula is C28H33N5O4S. The van der Waals surface area contributed by atoms with Crippen LogP contribution < -0.4 is 10.0 Å². The first-order valence-corrected chi connectivity index (χ1v) is 14.7. The van der Waals surface area contributed by atoms with Crippen molar-refractivity contribution in [1.29, 1.82) is 0 Å². The lowest BCUT2D eigenvalue weighted by Gasteiger charge is -2.30. The SMILES string of the molecule is O=C(NC1CCc2[nH]ncc2C1)C1CCCN1C(=O)C(Cc1ccccc1)NS(=O)(=O)Cc1ccccc1. The van der Waals surface area contributed by atoms with Gasteiger partial charge >= 0.3 is 0 Å². The van der Waals surface area contributed by atoms with E-state index in [1.807, 2.05) is 36.4 Å². The van der Waals surface area contributed by atoms with Gasteiger partial charge in [-0.25, -0.2) is 13.1 Å². The molecule has 0 spiro atoms. The van der Waals surface area contributed by atoms with Crippen molar-refractivity contribution in [1.82, 2.24) is 25.1 Å². The number of aromatic amines is 1. The van der Waals surface area contributed by atoms with Crippen LogP contribution in [-0.2, 0) is 44.6 Å². The molecule has 2 aromatic carbocycles. The topological polar surface area (TPSA) is 124 Å². The van der Waals surface area contributed by atoms with E-state index < -0.39 is 22.1 Å². The smallest absolute Gasteiger partial charge is 0.243 e. The molecule has 3 aromatic rings. The van der Waals surface area contributed by atoms with Crippen molar-refractivity contribution < 1.29 is 18.0 Å². The van der Waals surface area contributed by atoms with Crippen LogP contribution in [0.3, 0.4) is 0 Å². The highest BCUT2D eigenvalue weighted by Crippen LogP contribution is 2.23. The van der Waals surface area contributed by atoms with Crippen LogP contribution in [0.5, 0.6) is 0 Å². The molecule has 2 amide bonds. The third-order valence-corrected chi connectivity index (χ3v) is 8.66. The number of rotatable bonds is 9. The third-order valence-electron chi connectivity index (χ3n) is 7.30. The molecule has 10 heteroatoms. The molecule has 38 heavy (non-hydrogen) atoms. The van der Waals surface area contributed by atoms with E-state index in [1.54, 1.807) is 35.4 Å². The minimum absolute atomic E-state index is 0.0188. The van der Waals surface area contributed by atoms with E-state index in [0.717, 1.165) is 29.7 Å². The molecule has 0 radical (unpaired) electrons. The predicted molar refractivity (Wildman–Crippen MR) is 143 cm³/mol. The Bertz CT molecular complexity index is 1360. The summed E-state index contributed by atoms with van der Waals surface area (Å²) in [6.07, 6.45) is 5.56. The van der Waals surface area contributed by atoms with Crippen molar-refractivity contribution in [2.24, 2.45) is 0 Å². The van der Waals surface area contributed by atoms with Crippen LogP contribution in [0.15, 0.2) is 66.9 Å². The maximum Gasteiger partial charge on any atom is 0.243 e. The number of fused-ring (bicyclic) bond motifs is 1. The zero-order valence-corrected chi connectivity index (χ0v) is 22.0. The third kappa shape index (κ3) is 6.31. The second-order valence-electron chi connectivity index (χ2n) is 10.1. The van der Waals surface area contributed by atoms with Crippen LogP contribution in [0.25, 0.3) is 0 Å². The number of amides is 2. The van der Waals surface area contributed by atoms with Crippen molar-refractivity contribution in [3.05, 3.63) is 89.2 Å². The number of likely N-dealkylation sites (tertiary alicyclic amines) is 1. The van der Waals surface area contributed by atoms with Crippen LogP contribution in [-0.4, -0.2) is 60.0 Å². The average Bonchev–Trinajstić information content (AvgIpc) is 3.58. The second-order valence-corrected chi connectivity index (χ2v) is 11.9. The summed E-state index contributed by atoms with van der Waals surface area (Å²) in [7, 11) is -3.82. The van der Waals surface area contributed by atoms with E-state index >= 15 is 0 Å². The predicted octanol–water partition coefficient (Wildman–Crippen LogP) is 2.11. The van der Waals surface area contributed by atoms with Gasteiger partial charge in [-0.2, -0.15) is 5.10 Å². The highest BCUT2D eigenvalue weighted by Gasteiger charge is 2.39. The Kier molecular flexibility index (Phi) is 7.90. The summed E-state index contributed by atoms with van der Waals surface area (Å²) in [5, 5.41) is 10.2. The van der Waals surface area contributed by atoms with Gasteiger partial charge in [0.2, 0.25) is 21.8 Å². The first kappa shape index (κ1) is 26.1. The van der Waals surface area contributed by atoms with Crippen molar-refractivity contribution in [2.45, 2.75) is 62.4 Å². The van der Waals surface area contributed by atoms with Gasteiger partial charge in [0.1, 0.15) is 12.1 Å². The molecule has 1 fully saturated rings. The molecule has 1 saturated heterocycles. The number of benzene rings is 2. The molecule has 0 saturated carbocycles. The molecule has 1 aliphatic heterocycles. The molecule has 1 aliphatic carbocycles. The van der Waals surface area contributed by atoms with E-state index in [1.165, 1.54) is 0 Å². The van der Waals surface area contributed by atoms with Crippen molar-refractivity contribution in [3.63, 3.8) is 0 Å². The fraction of sp³-hybridized carbons (Fsp3) is 0.393. The molecule has 3 unspecified atom stereocenters. The fourth-order valence-electron chi connectivity index (χ4n) is 5.42. The maximum atomic E-state index is 13.8. The highest BCUT2D eigenvalue weighted by atomic mass is 32.2. The summed E-state index contributed by atoms with van der Waals surface area (Å²) in [5.74, 6) is -0.782. The Morgan fingerprint density at radius 1 is 1.03 bits per heavy atom. The second kappa shape index (κ2) is 11.5. The van der Waals surface area contributed by atoms with Gasteiger partial charge in [-0.3, -0.25) is 14.7 Å². The van der Waals surface area contributed by atoms with Crippen molar-refractivity contribution in [3.8, 4) is 0 Å². The van der Waals surface area contributed by atoms with Crippen molar-refractivity contribution >= 4 is 21.8 Å². The van der Waals surface area contributed by atoms with E-state index in [4.69, 9.17) is 0 Å². The summed E-state index contributed by atoms with van der Waals surface area (Å²) in [6, 6.07) is 16.5. The maximum absolute atomic E-state index is 13.8. The first-order chi connectivity index (χ1) is 18.4. The summed E-state index contributed by atoms with van der Waals surface area (Å²) in [4.78, 5) is 28.7. The molecule has 2 heterocycles. The quantitative estimate of drug-likeness (QED) is 0.387. The number of carbonyl (C=O) groups excluding carboxylic acids is 2. The fourth-order valence-corrected chi connectivity index (χ4v) is 6.75. The summed E-state index contributed by atoms with van der Waals surface area (Å²) in [5.41, 5.74) is 3.69. The molecule has 3 N–H and O–H groups in total. The molecule has 3 atom stereocenters. The lowest BCUT2D eigenvalue weighted by atomic mass is 9.93.